The summed E-state index contributed by atoms with van der Waals surface area (Å²) in [5, 5.41) is 0. The molecule has 0 aromatic carbocycles. The highest BCUT2D eigenvalue weighted by molar-refractivity contribution is 5.88. The van der Waals surface area contributed by atoms with Crippen LogP contribution in [0.4, 0.5) is 0 Å². The number of fused-ring (bicyclic) bond motifs is 1. The third kappa shape index (κ3) is 3.14. The maximum Gasteiger partial charge on any atom is 0.346 e. The Hall–Kier alpha value is -1.89. The molecule has 2 aliphatic rings. The lowest BCUT2D eigenvalue weighted by Gasteiger charge is -2.20. The van der Waals surface area contributed by atoms with Crippen LogP contribution < -0.4 is 0 Å². The van der Waals surface area contributed by atoms with Gasteiger partial charge in [0.05, 0.1) is 5.92 Å². The smallest absolute Gasteiger partial charge is 0.346 e. The second-order valence-corrected chi connectivity index (χ2v) is 5.56. The fourth-order valence-corrected chi connectivity index (χ4v) is 2.77. The van der Waals surface area contributed by atoms with Gasteiger partial charge in [0.15, 0.2) is 6.61 Å². The molecular formula is C15H20O7. The van der Waals surface area contributed by atoms with Gasteiger partial charge in [0, 0.05) is 11.5 Å². The first-order valence-electron chi connectivity index (χ1n) is 7.23. The predicted octanol–water partition coefficient (Wildman–Crippen LogP) is 0.961. The van der Waals surface area contributed by atoms with Crippen molar-refractivity contribution in [2.75, 3.05) is 6.61 Å². The Labute approximate surface area is 128 Å². The summed E-state index contributed by atoms with van der Waals surface area (Å²) in [5.41, 5.74) is 0.197. The van der Waals surface area contributed by atoms with E-state index in [1.165, 1.54) is 6.92 Å². The lowest BCUT2D eigenvalue weighted by molar-refractivity contribution is -0.194. The Bertz CT molecular complexity index is 498. The van der Waals surface area contributed by atoms with Crippen molar-refractivity contribution in [1.82, 2.24) is 0 Å². The summed E-state index contributed by atoms with van der Waals surface area (Å²) < 4.78 is 20.7. The van der Waals surface area contributed by atoms with Gasteiger partial charge in [-0.25, -0.2) is 9.59 Å². The molecule has 2 rings (SSSR count). The molecule has 0 bridgehead atoms. The van der Waals surface area contributed by atoms with Crippen LogP contribution in [0.3, 0.4) is 0 Å². The Balaban J connectivity index is 1.93. The van der Waals surface area contributed by atoms with Crippen molar-refractivity contribution in [2.24, 2.45) is 11.8 Å². The number of carbonyl (C=O) groups excluding carboxylic acids is 3. The standard InChI is InChI=1S/C15H20O7/c1-5-9-11-12(8(4)20-14(11)18)22-15(9)21-10(16)6-19-13(17)7(2)3/h8-9,11-12,15H,2,5-6H2,1,3-4H3. The quantitative estimate of drug-likeness (QED) is 0.424. The van der Waals surface area contributed by atoms with Gasteiger partial charge < -0.3 is 18.9 Å². The number of esters is 3. The summed E-state index contributed by atoms with van der Waals surface area (Å²) in [7, 11) is 0. The van der Waals surface area contributed by atoms with Crippen molar-refractivity contribution >= 4 is 17.9 Å². The van der Waals surface area contributed by atoms with E-state index in [0.29, 0.717) is 6.42 Å². The Morgan fingerprint density at radius 2 is 2.05 bits per heavy atom. The fraction of sp³-hybridized carbons (Fsp3) is 0.667. The van der Waals surface area contributed by atoms with E-state index in [0.717, 1.165) is 0 Å². The van der Waals surface area contributed by atoms with Gasteiger partial charge >= 0.3 is 17.9 Å². The Morgan fingerprint density at radius 1 is 1.36 bits per heavy atom. The maximum atomic E-state index is 11.8. The van der Waals surface area contributed by atoms with Gasteiger partial charge in [-0.1, -0.05) is 13.5 Å². The second kappa shape index (κ2) is 6.48. The molecule has 22 heavy (non-hydrogen) atoms. The van der Waals surface area contributed by atoms with Crippen molar-refractivity contribution in [1.29, 1.82) is 0 Å². The molecule has 0 saturated carbocycles. The molecule has 7 nitrogen and oxygen atoms in total. The SMILES string of the molecule is C=C(C)C(=O)OCC(=O)OC1OC2C(C)OC(=O)C2C1CC. The summed E-state index contributed by atoms with van der Waals surface area (Å²) in [6, 6.07) is 0. The van der Waals surface area contributed by atoms with Gasteiger partial charge in [0.1, 0.15) is 12.2 Å². The summed E-state index contributed by atoms with van der Waals surface area (Å²) in [4.78, 5) is 34.8. The van der Waals surface area contributed by atoms with Crippen LogP contribution in [-0.4, -0.2) is 43.0 Å². The molecule has 0 amide bonds. The minimum absolute atomic E-state index is 0.197. The average Bonchev–Trinajstić information content (AvgIpc) is 2.94. The molecule has 0 aromatic heterocycles. The molecule has 0 aromatic rings. The molecule has 2 fully saturated rings. The van der Waals surface area contributed by atoms with E-state index in [4.69, 9.17) is 18.9 Å². The van der Waals surface area contributed by atoms with Gasteiger partial charge in [-0.15, -0.1) is 0 Å². The van der Waals surface area contributed by atoms with Crippen LogP contribution in [0.1, 0.15) is 27.2 Å². The highest BCUT2D eigenvalue weighted by atomic mass is 16.7. The number of rotatable bonds is 5. The molecule has 2 aliphatic heterocycles. The van der Waals surface area contributed by atoms with Crippen molar-refractivity contribution < 1.29 is 33.3 Å². The summed E-state index contributed by atoms with van der Waals surface area (Å²) in [6.45, 7) is 8.01. The van der Waals surface area contributed by atoms with Crippen LogP contribution in [0.5, 0.6) is 0 Å². The minimum Gasteiger partial charge on any atom is -0.460 e. The minimum atomic E-state index is -0.827. The molecule has 5 unspecified atom stereocenters. The van der Waals surface area contributed by atoms with Gasteiger partial charge in [-0.2, -0.15) is 0 Å². The first-order valence-corrected chi connectivity index (χ1v) is 7.23. The van der Waals surface area contributed by atoms with E-state index in [-0.39, 0.29) is 23.6 Å². The zero-order valence-electron chi connectivity index (χ0n) is 12.9. The summed E-state index contributed by atoms with van der Waals surface area (Å²) in [6.07, 6.45) is -0.997. The van der Waals surface area contributed by atoms with Gasteiger partial charge in [0.25, 0.3) is 0 Å². The van der Waals surface area contributed by atoms with E-state index in [1.807, 2.05) is 6.92 Å². The lowest BCUT2D eigenvalue weighted by atomic mass is 9.88. The highest BCUT2D eigenvalue weighted by Crippen LogP contribution is 2.42. The molecule has 2 heterocycles. The number of cyclic esters (lactones) is 1. The van der Waals surface area contributed by atoms with Gasteiger partial charge in [-0.3, -0.25) is 4.79 Å². The molecule has 2 saturated heterocycles. The molecular weight excluding hydrogens is 292 g/mol. The van der Waals surface area contributed by atoms with Crippen LogP contribution in [0.25, 0.3) is 0 Å². The first-order chi connectivity index (χ1) is 10.3. The highest BCUT2D eigenvalue weighted by Gasteiger charge is 2.56. The Morgan fingerprint density at radius 3 is 2.64 bits per heavy atom. The van der Waals surface area contributed by atoms with Crippen LogP contribution in [0.15, 0.2) is 12.2 Å². The second-order valence-electron chi connectivity index (χ2n) is 5.56. The first kappa shape index (κ1) is 16.5. The third-order valence-corrected chi connectivity index (χ3v) is 3.88. The number of ether oxygens (including phenoxy) is 4. The lowest BCUT2D eigenvalue weighted by Crippen LogP contribution is -2.30. The topological polar surface area (TPSA) is 88.1 Å². The molecule has 5 atom stereocenters. The van der Waals surface area contributed by atoms with E-state index >= 15 is 0 Å². The van der Waals surface area contributed by atoms with Crippen molar-refractivity contribution in [3.05, 3.63) is 12.2 Å². The molecule has 0 aliphatic carbocycles. The van der Waals surface area contributed by atoms with Gasteiger partial charge in [0.2, 0.25) is 6.29 Å². The maximum absolute atomic E-state index is 11.8. The van der Waals surface area contributed by atoms with Gasteiger partial charge in [-0.05, 0) is 20.3 Å². The number of hydrogen-bond acceptors (Lipinski definition) is 7. The molecule has 0 radical (unpaired) electrons. The van der Waals surface area contributed by atoms with E-state index < -0.39 is 36.9 Å². The monoisotopic (exact) mass is 312 g/mol. The largest absolute Gasteiger partial charge is 0.460 e. The van der Waals surface area contributed by atoms with Crippen molar-refractivity contribution in [3.8, 4) is 0 Å². The Kier molecular flexibility index (Phi) is 4.85. The third-order valence-electron chi connectivity index (χ3n) is 3.88. The van der Waals surface area contributed by atoms with Crippen LogP contribution in [0, 0.1) is 11.8 Å². The van der Waals surface area contributed by atoms with Crippen LogP contribution in [0.2, 0.25) is 0 Å². The normalized spacial score (nSPS) is 33.0. The number of hydrogen-bond donors (Lipinski definition) is 0. The average molecular weight is 312 g/mol. The van der Waals surface area contributed by atoms with E-state index in [2.05, 4.69) is 6.58 Å². The summed E-state index contributed by atoms with van der Waals surface area (Å²) in [5.74, 6) is -2.39. The zero-order valence-corrected chi connectivity index (χ0v) is 12.9. The predicted molar refractivity (Wildman–Crippen MR) is 73.4 cm³/mol. The van der Waals surface area contributed by atoms with E-state index in [9.17, 15) is 14.4 Å². The van der Waals surface area contributed by atoms with Crippen molar-refractivity contribution in [2.45, 2.75) is 45.7 Å². The molecule has 0 N–H and O–H groups in total. The molecule has 0 spiro atoms. The fourth-order valence-electron chi connectivity index (χ4n) is 2.77. The van der Waals surface area contributed by atoms with Crippen molar-refractivity contribution in [3.63, 3.8) is 0 Å². The van der Waals surface area contributed by atoms with Crippen LogP contribution >= 0.6 is 0 Å². The number of carbonyl (C=O) groups is 3. The molecule has 7 heteroatoms. The summed E-state index contributed by atoms with van der Waals surface area (Å²) >= 11 is 0. The van der Waals surface area contributed by atoms with E-state index in [1.54, 1.807) is 6.92 Å². The zero-order chi connectivity index (χ0) is 16.4. The molecule has 122 valence electrons. The van der Waals surface area contributed by atoms with Crippen LogP contribution in [-0.2, 0) is 33.3 Å².